The predicted octanol–water partition coefficient (Wildman–Crippen LogP) is 1.45. The Morgan fingerprint density at radius 3 is 2.76 bits per heavy atom. The Morgan fingerprint density at radius 2 is 2.18 bits per heavy atom. The SMILES string of the molecule is CCn1c(C(N)C(=O)O)cc2cc(O)ccc21. The zero-order valence-electron chi connectivity index (χ0n) is 9.42. The van der Waals surface area contributed by atoms with E-state index in [1.165, 1.54) is 0 Å². The molecule has 1 unspecified atom stereocenters. The number of nitrogens with two attached hydrogens (primary N) is 1. The normalized spacial score (nSPS) is 12.8. The van der Waals surface area contributed by atoms with E-state index in [4.69, 9.17) is 10.8 Å². The smallest absolute Gasteiger partial charge is 0.326 e. The van der Waals surface area contributed by atoms with Gasteiger partial charge in [-0.3, -0.25) is 4.79 Å². The summed E-state index contributed by atoms with van der Waals surface area (Å²) in [6.07, 6.45) is 0. The van der Waals surface area contributed by atoms with Gasteiger partial charge in [0, 0.05) is 23.1 Å². The summed E-state index contributed by atoms with van der Waals surface area (Å²) in [6.45, 7) is 2.55. The van der Waals surface area contributed by atoms with Crippen molar-refractivity contribution in [1.29, 1.82) is 0 Å². The minimum atomic E-state index is -1.06. The summed E-state index contributed by atoms with van der Waals surface area (Å²) < 4.78 is 1.84. The van der Waals surface area contributed by atoms with E-state index in [0.717, 1.165) is 10.9 Å². The first kappa shape index (κ1) is 11.5. The van der Waals surface area contributed by atoms with E-state index in [0.29, 0.717) is 12.2 Å². The summed E-state index contributed by atoms with van der Waals surface area (Å²) in [7, 11) is 0. The molecule has 17 heavy (non-hydrogen) atoms. The van der Waals surface area contributed by atoms with Gasteiger partial charge in [-0.2, -0.15) is 0 Å². The monoisotopic (exact) mass is 234 g/mol. The van der Waals surface area contributed by atoms with Crippen molar-refractivity contribution < 1.29 is 15.0 Å². The summed E-state index contributed by atoms with van der Waals surface area (Å²) >= 11 is 0. The van der Waals surface area contributed by atoms with Crippen molar-refractivity contribution in [3.63, 3.8) is 0 Å². The zero-order chi connectivity index (χ0) is 12.6. The molecular weight excluding hydrogens is 220 g/mol. The molecule has 0 saturated carbocycles. The molecule has 90 valence electrons. The molecule has 0 aliphatic heterocycles. The minimum Gasteiger partial charge on any atom is -0.508 e. The van der Waals surface area contributed by atoms with Gasteiger partial charge in [0.15, 0.2) is 0 Å². The number of carboxylic acids is 1. The van der Waals surface area contributed by atoms with E-state index in [1.54, 1.807) is 24.3 Å². The number of phenols is 1. The maximum absolute atomic E-state index is 10.9. The molecule has 5 nitrogen and oxygen atoms in total. The number of benzene rings is 1. The van der Waals surface area contributed by atoms with E-state index in [-0.39, 0.29) is 5.75 Å². The van der Waals surface area contributed by atoms with Crippen LogP contribution in [0.5, 0.6) is 5.75 Å². The average molecular weight is 234 g/mol. The topological polar surface area (TPSA) is 88.5 Å². The lowest BCUT2D eigenvalue weighted by Crippen LogP contribution is -2.23. The Bertz CT molecular complexity index is 574. The largest absolute Gasteiger partial charge is 0.508 e. The van der Waals surface area contributed by atoms with Crippen LogP contribution >= 0.6 is 0 Å². The lowest BCUT2D eigenvalue weighted by molar-refractivity contribution is -0.138. The molecule has 0 spiro atoms. The molecule has 0 bridgehead atoms. The second kappa shape index (κ2) is 4.10. The van der Waals surface area contributed by atoms with Crippen molar-refractivity contribution >= 4 is 16.9 Å². The number of aryl methyl sites for hydroxylation is 1. The summed E-state index contributed by atoms with van der Waals surface area (Å²) in [4.78, 5) is 10.9. The van der Waals surface area contributed by atoms with Crippen molar-refractivity contribution in [2.24, 2.45) is 5.73 Å². The standard InChI is InChI=1S/C12H14N2O3/c1-2-14-9-4-3-8(15)5-7(9)6-10(14)11(13)12(16)17/h3-6,11,15H,2,13H2,1H3,(H,16,17). The van der Waals surface area contributed by atoms with E-state index in [2.05, 4.69) is 0 Å². The molecule has 0 fully saturated rings. The van der Waals surface area contributed by atoms with Gasteiger partial charge < -0.3 is 20.5 Å². The first-order valence-electron chi connectivity index (χ1n) is 5.35. The maximum Gasteiger partial charge on any atom is 0.326 e. The molecule has 0 saturated heterocycles. The molecule has 1 atom stereocenters. The van der Waals surface area contributed by atoms with Gasteiger partial charge >= 0.3 is 5.97 Å². The van der Waals surface area contributed by atoms with Crippen LogP contribution in [0.15, 0.2) is 24.3 Å². The number of hydrogen-bond acceptors (Lipinski definition) is 3. The molecule has 0 amide bonds. The number of carbonyl (C=O) groups is 1. The van der Waals surface area contributed by atoms with Gasteiger partial charge in [0.1, 0.15) is 11.8 Å². The molecular formula is C12H14N2O3. The fourth-order valence-electron chi connectivity index (χ4n) is 2.02. The molecule has 1 aromatic carbocycles. The molecule has 4 N–H and O–H groups in total. The van der Waals surface area contributed by atoms with Crippen molar-refractivity contribution in [2.45, 2.75) is 19.5 Å². The summed E-state index contributed by atoms with van der Waals surface area (Å²) in [5.74, 6) is -0.909. The number of aromatic nitrogens is 1. The number of aliphatic carboxylic acids is 1. The zero-order valence-corrected chi connectivity index (χ0v) is 9.42. The quantitative estimate of drug-likeness (QED) is 0.750. The van der Waals surface area contributed by atoms with E-state index in [1.807, 2.05) is 11.5 Å². The van der Waals surface area contributed by atoms with Crippen molar-refractivity contribution in [2.75, 3.05) is 0 Å². The number of nitrogens with zero attached hydrogens (tertiary/aromatic N) is 1. The summed E-state index contributed by atoms with van der Waals surface area (Å²) in [5, 5.41) is 19.1. The van der Waals surface area contributed by atoms with Gasteiger partial charge in [-0.15, -0.1) is 0 Å². The van der Waals surface area contributed by atoms with Crippen LogP contribution in [0.25, 0.3) is 10.9 Å². The second-order valence-electron chi connectivity index (χ2n) is 3.87. The Hall–Kier alpha value is -2.01. The number of fused-ring (bicyclic) bond motifs is 1. The Balaban J connectivity index is 2.67. The highest BCUT2D eigenvalue weighted by Crippen LogP contribution is 2.26. The molecule has 0 aliphatic rings. The number of aromatic hydroxyl groups is 1. The van der Waals surface area contributed by atoms with Crippen molar-refractivity contribution in [3.8, 4) is 5.75 Å². The Labute approximate surface area is 98.1 Å². The third-order valence-corrected chi connectivity index (χ3v) is 2.82. The number of hydrogen-bond donors (Lipinski definition) is 3. The van der Waals surface area contributed by atoms with Gasteiger partial charge in [0.2, 0.25) is 0 Å². The van der Waals surface area contributed by atoms with Crippen LogP contribution in [0.4, 0.5) is 0 Å². The predicted molar refractivity (Wildman–Crippen MR) is 63.8 cm³/mol. The summed E-state index contributed by atoms with van der Waals surface area (Å²) in [6, 6.07) is 5.58. The van der Waals surface area contributed by atoms with Crippen LogP contribution in [0.3, 0.4) is 0 Å². The van der Waals surface area contributed by atoms with Gasteiger partial charge in [-0.25, -0.2) is 0 Å². The Kier molecular flexibility index (Phi) is 2.77. The van der Waals surface area contributed by atoms with Crippen LogP contribution in [-0.4, -0.2) is 20.7 Å². The first-order valence-corrected chi connectivity index (χ1v) is 5.35. The van der Waals surface area contributed by atoms with Crippen LogP contribution in [0.1, 0.15) is 18.7 Å². The highest BCUT2D eigenvalue weighted by molar-refractivity contribution is 5.85. The highest BCUT2D eigenvalue weighted by Gasteiger charge is 2.20. The molecule has 0 radical (unpaired) electrons. The molecule has 2 aromatic rings. The number of rotatable bonds is 3. The third-order valence-electron chi connectivity index (χ3n) is 2.82. The van der Waals surface area contributed by atoms with Crippen LogP contribution in [0.2, 0.25) is 0 Å². The molecule has 1 heterocycles. The maximum atomic E-state index is 10.9. The number of phenolic OH excluding ortho intramolecular Hbond substituents is 1. The van der Waals surface area contributed by atoms with E-state index >= 15 is 0 Å². The van der Waals surface area contributed by atoms with Crippen LogP contribution in [0, 0.1) is 0 Å². The van der Waals surface area contributed by atoms with E-state index in [9.17, 15) is 9.90 Å². The minimum absolute atomic E-state index is 0.154. The molecule has 5 heteroatoms. The highest BCUT2D eigenvalue weighted by atomic mass is 16.4. The van der Waals surface area contributed by atoms with Crippen molar-refractivity contribution in [3.05, 3.63) is 30.0 Å². The van der Waals surface area contributed by atoms with Gasteiger partial charge in [0.25, 0.3) is 0 Å². The second-order valence-corrected chi connectivity index (χ2v) is 3.87. The van der Waals surface area contributed by atoms with Crippen molar-refractivity contribution in [1.82, 2.24) is 4.57 Å². The van der Waals surface area contributed by atoms with Gasteiger partial charge in [-0.1, -0.05) is 0 Å². The van der Waals surface area contributed by atoms with Gasteiger partial charge in [-0.05, 0) is 31.2 Å². The van der Waals surface area contributed by atoms with Crippen LogP contribution < -0.4 is 5.73 Å². The average Bonchev–Trinajstić information content (AvgIpc) is 2.64. The summed E-state index contributed by atoms with van der Waals surface area (Å²) in [5.41, 5.74) is 7.05. The molecule has 1 aromatic heterocycles. The van der Waals surface area contributed by atoms with Gasteiger partial charge in [0.05, 0.1) is 0 Å². The fraction of sp³-hybridized carbons (Fsp3) is 0.250. The Morgan fingerprint density at radius 1 is 1.47 bits per heavy atom. The fourth-order valence-corrected chi connectivity index (χ4v) is 2.02. The number of carboxylic acid groups (broad SMARTS) is 1. The molecule has 2 rings (SSSR count). The van der Waals surface area contributed by atoms with Crippen LogP contribution in [-0.2, 0) is 11.3 Å². The lowest BCUT2D eigenvalue weighted by Gasteiger charge is -2.11. The first-order chi connectivity index (χ1) is 8.04. The molecule has 0 aliphatic carbocycles. The lowest BCUT2D eigenvalue weighted by atomic mass is 10.2. The third kappa shape index (κ3) is 1.85. The van der Waals surface area contributed by atoms with E-state index < -0.39 is 12.0 Å².